The van der Waals surface area contributed by atoms with Crippen molar-refractivity contribution in [1.29, 1.82) is 0 Å². The Hall–Kier alpha value is -0.860. The molecular formula is C8H18N2O. The number of carbonyl (C=O) groups excluding carboxylic acids is 1. The van der Waals surface area contributed by atoms with Crippen molar-refractivity contribution in [2.45, 2.75) is 33.6 Å². The molecule has 0 heterocycles. The van der Waals surface area contributed by atoms with Gasteiger partial charge in [0.2, 0.25) is 5.91 Å². The summed E-state index contributed by atoms with van der Waals surface area (Å²) in [6.07, 6.45) is 1.41. The van der Waals surface area contributed by atoms with Gasteiger partial charge in [-0.3, -0.25) is 4.79 Å². The van der Waals surface area contributed by atoms with E-state index in [1.165, 1.54) is 5.01 Å². The first-order chi connectivity index (χ1) is 5.22. The van der Waals surface area contributed by atoms with E-state index >= 15 is 0 Å². The molecule has 1 amide bonds. The van der Waals surface area contributed by atoms with Gasteiger partial charge in [0.25, 0.3) is 0 Å². The molecule has 0 aromatic heterocycles. The van der Waals surface area contributed by atoms with Crippen LogP contribution in [0.5, 0.6) is 0 Å². The topological polar surface area (TPSA) is 32.7 Å². The molecule has 0 spiro atoms. The first-order valence-corrected chi connectivity index (χ1v) is 3.95. The largest absolute Gasteiger partial charge is 0.273 e. The van der Waals surface area contributed by atoms with Crippen LogP contribution >= 0.6 is 0 Å². The summed E-state index contributed by atoms with van der Waals surface area (Å²) < 4.78 is 0. The van der Waals surface area contributed by atoms with E-state index in [0.717, 1.165) is 6.42 Å². The van der Waals surface area contributed by atoms with Crippen molar-refractivity contribution < 1.29 is 4.79 Å². The van der Waals surface area contributed by atoms with Gasteiger partial charge >= 0.3 is 0 Å². The molecule has 0 atom stereocenters. The van der Waals surface area contributed by atoms with Gasteiger partial charge < -0.3 is 0 Å². The summed E-state index contributed by atoms with van der Waals surface area (Å²) in [5, 5.41) is 4.69. The van der Waals surface area contributed by atoms with Crippen LogP contribution in [0.25, 0.3) is 0 Å². The molecule has 3 heteroatoms. The fourth-order valence-corrected chi connectivity index (χ4v) is 0.455. The van der Waals surface area contributed by atoms with E-state index in [2.05, 4.69) is 11.8 Å². The SMILES string of the molecule is C=NN(C)C(=O)CCC.CC. The first kappa shape index (κ1) is 12.8. The van der Waals surface area contributed by atoms with Gasteiger partial charge in [0.1, 0.15) is 0 Å². The molecule has 0 aliphatic carbocycles. The van der Waals surface area contributed by atoms with E-state index in [0.29, 0.717) is 6.42 Å². The highest BCUT2D eigenvalue weighted by Gasteiger charge is 2.02. The maximum atomic E-state index is 10.8. The Morgan fingerprint density at radius 1 is 1.55 bits per heavy atom. The van der Waals surface area contributed by atoms with Crippen LogP contribution in [0.2, 0.25) is 0 Å². The highest BCUT2D eigenvalue weighted by molar-refractivity contribution is 5.75. The van der Waals surface area contributed by atoms with Crippen molar-refractivity contribution in [1.82, 2.24) is 5.01 Å². The maximum absolute atomic E-state index is 10.8. The quantitative estimate of drug-likeness (QED) is 0.456. The lowest BCUT2D eigenvalue weighted by molar-refractivity contribution is -0.129. The number of rotatable bonds is 3. The third kappa shape index (κ3) is 7.03. The fourth-order valence-electron chi connectivity index (χ4n) is 0.455. The van der Waals surface area contributed by atoms with Crippen LogP contribution in [0.4, 0.5) is 0 Å². The van der Waals surface area contributed by atoms with Gasteiger partial charge in [-0.2, -0.15) is 5.10 Å². The van der Waals surface area contributed by atoms with Crippen LogP contribution in [0.15, 0.2) is 5.10 Å². The van der Waals surface area contributed by atoms with Crippen molar-refractivity contribution >= 4 is 12.6 Å². The van der Waals surface area contributed by atoms with Gasteiger partial charge in [0.05, 0.1) is 0 Å². The molecule has 0 saturated heterocycles. The highest BCUT2D eigenvalue weighted by Crippen LogP contribution is 1.92. The van der Waals surface area contributed by atoms with Crippen molar-refractivity contribution in [3.63, 3.8) is 0 Å². The van der Waals surface area contributed by atoms with Gasteiger partial charge in [-0.15, -0.1) is 0 Å². The number of carbonyl (C=O) groups is 1. The summed E-state index contributed by atoms with van der Waals surface area (Å²) in [5.41, 5.74) is 0. The molecule has 0 bridgehead atoms. The summed E-state index contributed by atoms with van der Waals surface area (Å²) in [7, 11) is 1.60. The molecule has 11 heavy (non-hydrogen) atoms. The van der Waals surface area contributed by atoms with Crippen LogP contribution in [0.1, 0.15) is 33.6 Å². The second-order valence-electron chi connectivity index (χ2n) is 1.81. The van der Waals surface area contributed by atoms with Crippen LogP contribution in [0, 0.1) is 0 Å². The number of nitrogens with zero attached hydrogens (tertiary/aromatic N) is 2. The maximum Gasteiger partial charge on any atom is 0.242 e. The molecule has 0 fully saturated rings. The molecular weight excluding hydrogens is 140 g/mol. The third-order valence-electron chi connectivity index (χ3n) is 1.04. The van der Waals surface area contributed by atoms with Crippen molar-refractivity contribution in [3.8, 4) is 0 Å². The molecule has 0 aromatic carbocycles. The molecule has 0 N–H and O–H groups in total. The van der Waals surface area contributed by atoms with E-state index in [9.17, 15) is 4.79 Å². The monoisotopic (exact) mass is 158 g/mol. The van der Waals surface area contributed by atoms with Gasteiger partial charge in [-0.25, -0.2) is 5.01 Å². The minimum Gasteiger partial charge on any atom is -0.273 e. The number of hydrazone groups is 1. The smallest absolute Gasteiger partial charge is 0.242 e. The lowest BCUT2D eigenvalue weighted by atomic mass is 10.3. The molecule has 0 rings (SSSR count). The van der Waals surface area contributed by atoms with E-state index in [4.69, 9.17) is 0 Å². The summed E-state index contributed by atoms with van der Waals surface area (Å²) in [6.45, 7) is 9.17. The van der Waals surface area contributed by atoms with Crippen molar-refractivity contribution in [3.05, 3.63) is 0 Å². The minimum absolute atomic E-state index is 0.0208. The lowest BCUT2D eigenvalue weighted by Crippen LogP contribution is -2.19. The van der Waals surface area contributed by atoms with Crippen molar-refractivity contribution in [2.75, 3.05) is 7.05 Å². The molecule has 0 radical (unpaired) electrons. The molecule has 0 saturated carbocycles. The van der Waals surface area contributed by atoms with E-state index in [1.807, 2.05) is 20.8 Å². The summed E-state index contributed by atoms with van der Waals surface area (Å²) in [5.74, 6) is 0.0208. The molecule has 66 valence electrons. The van der Waals surface area contributed by atoms with Crippen LogP contribution in [-0.2, 0) is 4.79 Å². The third-order valence-corrected chi connectivity index (χ3v) is 1.04. The Morgan fingerprint density at radius 2 is 2.00 bits per heavy atom. The zero-order valence-corrected chi connectivity index (χ0v) is 7.92. The second kappa shape index (κ2) is 9.14. The first-order valence-electron chi connectivity index (χ1n) is 3.95. The standard InChI is InChI=1S/C6H12N2O.C2H6/c1-4-5-6(9)8(3)7-2;1-2/h2,4-5H2,1,3H3;1-2H3. The molecule has 0 aromatic rings. The van der Waals surface area contributed by atoms with E-state index in [1.54, 1.807) is 7.05 Å². The zero-order valence-electron chi connectivity index (χ0n) is 7.92. The Balaban J connectivity index is 0. The number of hydrogen-bond acceptors (Lipinski definition) is 2. The lowest BCUT2D eigenvalue weighted by Gasteiger charge is -2.07. The fraction of sp³-hybridized carbons (Fsp3) is 0.750. The molecule has 0 unspecified atom stereocenters. The summed E-state index contributed by atoms with van der Waals surface area (Å²) in [4.78, 5) is 10.8. The van der Waals surface area contributed by atoms with Crippen LogP contribution < -0.4 is 0 Å². The molecule has 3 nitrogen and oxygen atoms in total. The Bertz CT molecular complexity index is 113. The van der Waals surface area contributed by atoms with E-state index in [-0.39, 0.29) is 5.91 Å². The number of hydrogen-bond donors (Lipinski definition) is 0. The second-order valence-corrected chi connectivity index (χ2v) is 1.81. The Morgan fingerprint density at radius 3 is 2.27 bits per heavy atom. The van der Waals surface area contributed by atoms with Crippen molar-refractivity contribution in [2.24, 2.45) is 5.10 Å². The van der Waals surface area contributed by atoms with Gasteiger partial charge in [-0.1, -0.05) is 20.8 Å². The summed E-state index contributed by atoms with van der Waals surface area (Å²) >= 11 is 0. The van der Waals surface area contributed by atoms with Gasteiger partial charge in [-0.05, 0) is 6.42 Å². The Labute approximate surface area is 69.1 Å². The van der Waals surface area contributed by atoms with Gasteiger partial charge in [0.15, 0.2) is 0 Å². The normalized spacial score (nSPS) is 7.64. The molecule has 0 aliphatic heterocycles. The predicted molar refractivity (Wildman–Crippen MR) is 48.6 cm³/mol. The summed E-state index contributed by atoms with van der Waals surface area (Å²) in [6, 6.07) is 0. The number of amides is 1. The van der Waals surface area contributed by atoms with Crippen LogP contribution in [0.3, 0.4) is 0 Å². The van der Waals surface area contributed by atoms with Crippen LogP contribution in [-0.4, -0.2) is 24.7 Å². The molecule has 0 aliphatic rings. The van der Waals surface area contributed by atoms with Gasteiger partial charge in [0, 0.05) is 20.2 Å². The average molecular weight is 158 g/mol. The zero-order chi connectivity index (χ0) is 9.28. The minimum atomic E-state index is 0.0208. The Kier molecular flexibility index (Phi) is 10.6. The predicted octanol–water partition coefficient (Wildman–Crippen LogP) is 1.89. The van der Waals surface area contributed by atoms with E-state index < -0.39 is 0 Å². The highest BCUT2D eigenvalue weighted by atomic mass is 16.2. The average Bonchev–Trinajstić information content (AvgIpc) is 2.07.